The van der Waals surface area contributed by atoms with E-state index >= 15 is 0 Å². The first-order valence-corrected chi connectivity index (χ1v) is 6.04. The SMILES string of the molecule is Nc1cc(C(=O)c2c(F)cc(F)cc2F)c(Br)cc1F. The summed E-state index contributed by atoms with van der Waals surface area (Å²) >= 11 is 2.91. The molecule has 0 fully saturated rings. The van der Waals surface area contributed by atoms with Crippen molar-refractivity contribution < 1.29 is 22.4 Å². The zero-order chi connectivity index (χ0) is 15.0. The maximum atomic E-state index is 13.5. The number of hydrogen-bond acceptors (Lipinski definition) is 2. The summed E-state index contributed by atoms with van der Waals surface area (Å²) in [6.07, 6.45) is 0. The molecule has 7 heteroatoms. The fourth-order valence-corrected chi connectivity index (χ4v) is 2.13. The number of benzene rings is 2. The van der Waals surface area contributed by atoms with Crippen molar-refractivity contribution in [2.24, 2.45) is 0 Å². The van der Waals surface area contributed by atoms with Crippen molar-refractivity contribution in [2.45, 2.75) is 0 Å². The summed E-state index contributed by atoms with van der Waals surface area (Å²) in [4.78, 5) is 12.1. The molecule has 0 aromatic heterocycles. The molecule has 0 saturated heterocycles. The number of nitrogens with two attached hydrogens (primary N) is 1. The van der Waals surface area contributed by atoms with Crippen molar-refractivity contribution in [1.29, 1.82) is 0 Å². The Hall–Kier alpha value is -1.89. The number of nitrogen functional groups attached to an aromatic ring is 1. The number of rotatable bonds is 2. The van der Waals surface area contributed by atoms with E-state index in [0.717, 1.165) is 12.1 Å². The molecule has 0 radical (unpaired) electrons. The summed E-state index contributed by atoms with van der Waals surface area (Å²) in [6, 6.07) is 2.63. The van der Waals surface area contributed by atoms with Crippen LogP contribution in [0, 0.1) is 23.3 Å². The van der Waals surface area contributed by atoms with Crippen LogP contribution in [0.2, 0.25) is 0 Å². The Morgan fingerprint density at radius 3 is 2.05 bits per heavy atom. The van der Waals surface area contributed by atoms with Gasteiger partial charge in [-0.3, -0.25) is 4.79 Å². The molecule has 0 heterocycles. The van der Waals surface area contributed by atoms with Crippen LogP contribution in [0.25, 0.3) is 0 Å². The maximum Gasteiger partial charge on any atom is 0.200 e. The molecular formula is C13H6BrF4NO. The minimum absolute atomic E-state index is 0.0164. The van der Waals surface area contributed by atoms with Gasteiger partial charge in [-0.25, -0.2) is 17.6 Å². The number of carbonyl (C=O) groups excluding carboxylic acids is 1. The number of carbonyl (C=O) groups is 1. The van der Waals surface area contributed by atoms with Gasteiger partial charge in [0, 0.05) is 22.2 Å². The second-order valence-corrected chi connectivity index (χ2v) is 4.78. The topological polar surface area (TPSA) is 43.1 Å². The van der Waals surface area contributed by atoms with Crippen LogP contribution in [0.1, 0.15) is 15.9 Å². The minimum Gasteiger partial charge on any atom is -0.396 e. The van der Waals surface area contributed by atoms with Crippen LogP contribution in [0.15, 0.2) is 28.7 Å². The van der Waals surface area contributed by atoms with Gasteiger partial charge >= 0.3 is 0 Å². The van der Waals surface area contributed by atoms with E-state index in [1.807, 2.05) is 0 Å². The van der Waals surface area contributed by atoms with Crippen LogP contribution in [0.4, 0.5) is 23.2 Å². The molecule has 2 nitrogen and oxygen atoms in total. The van der Waals surface area contributed by atoms with Gasteiger partial charge in [-0.05, 0) is 28.1 Å². The van der Waals surface area contributed by atoms with Crippen LogP contribution in [0.3, 0.4) is 0 Å². The fraction of sp³-hybridized carbons (Fsp3) is 0. The monoisotopic (exact) mass is 347 g/mol. The van der Waals surface area contributed by atoms with Gasteiger partial charge in [0.2, 0.25) is 0 Å². The van der Waals surface area contributed by atoms with Gasteiger partial charge in [-0.1, -0.05) is 0 Å². The molecule has 0 saturated carbocycles. The Morgan fingerprint density at radius 2 is 1.50 bits per heavy atom. The fourth-order valence-electron chi connectivity index (χ4n) is 1.63. The number of halogens is 5. The van der Waals surface area contributed by atoms with Crippen LogP contribution in [0.5, 0.6) is 0 Å². The van der Waals surface area contributed by atoms with Crippen LogP contribution >= 0.6 is 15.9 Å². The summed E-state index contributed by atoms with van der Waals surface area (Å²) in [5, 5.41) is 0. The van der Waals surface area contributed by atoms with E-state index < -0.39 is 34.6 Å². The average Bonchev–Trinajstić information content (AvgIpc) is 2.32. The standard InChI is InChI=1S/C13H6BrF4NO/c14-7-4-8(16)11(19)3-6(7)13(20)12-9(17)1-5(15)2-10(12)18/h1-4H,19H2. The van der Waals surface area contributed by atoms with Crippen molar-refractivity contribution in [3.63, 3.8) is 0 Å². The summed E-state index contributed by atoms with van der Waals surface area (Å²) < 4.78 is 53.0. The highest BCUT2D eigenvalue weighted by Gasteiger charge is 2.23. The number of anilines is 1. The normalized spacial score (nSPS) is 10.7. The zero-order valence-electron chi connectivity index (χ0n) is 9.68. The average molecular weight is 348 g/mol. The molecule has 0 aliphatic rings. The summed E-state index contributed by atoms with van der Waals surface area (Å²) in [5.41, 5.74) is 3.80. The Morgan fingerprint density at radius 1 is 0.950 bits per heavy atom. The second-order valence-electron chi connectivity index (χ2n) is 3.93. The lowest BCUT2D eigenvalue weighted by molar-refractivity contribution is 0.103. The smallest absolute Gasteiger partial charge is 0.200 e. The van der Waals surface area contributed by atoms with E-state index in [9.17, 15) is 22.4 Å². The lowest BCUT2D eigenvalue weighted by atomic mass is 10.0. The minimum atomic E-state index is -1.35. The Labute approximate surface area is 119 Å². The van der Waals surface area contributed by atoms with Gasteiger partial charge in [-0.15, -0.1) is 0 Å². The first-order chi connectivity index (χ1) is 9.31. The van der Waals surface area contributed by atoms with E-state index in [2.05, 4.69) is 15.9 Å². The molecule has 104 valence electrons. The number of ketones is 1. The van der Waals surface area contributed by atoms with Gasteiger partial charge in [0.1, 0.15) is 23.3 Å². The first kappa shape index (κ1) is 14.5. The predicted octanol–water partition coefficient (Wildman–Crippen LogP) is 3.82. The molecule has 0 spiro atoms. The molecule has 0 amide bonds. The Kier molecular flexibility index (Phi) is 3.80. The van der Waals surface area contributed by atoms with Gasteiger partial charge in [0.05, 0.1) is 11.3 Å². The zero-order valence-corrected chi connectivity index (χ0v) is 11.3. The summed E-state index contributed by atoms with van der Waals surface area (Å²) in [5.74, 6) is -5.69. The lowest BCUT2D eigenvalue weighted by Crippen LogP contribution is -2.10. The highest BCUT2D eigenvalue weighted by molar-refractivity contribution is 9.10. The van der Waals surface area contributed by atoms with E-state index in [0.29, 0.717) is 12.1 Å². The quantitative estimate of drug-likeness (QED) is 0.509. The largest absolute Gasteiger partial charge is 0.396 e. The van der Waals surface area contributed by atoms with Gasteiger partial charge in [0.15, 0.2) is 5.78 Å². The highest BCUT2D eigenvalue weighted by Crippen LogP contribution is 2.27. The molecule has 0 atom stereocenters. The van der Waals surface area contributed by atoms with Crippen molar-refractivity contribution in [3.8, 4) is 0 Å². The summed E-state index contributed by atoms with van der Waals surface area (Å²) in [7, 11) is 0. The molecule has 0 aliphatic carbocycles. The van der Waals surface area contributed by atoms with Gasteiger partial charge < -0.3 is 5.73 Å². The molecule has 20 heavy (non-hydrogen) atoms. The molecule has 0 bridgehead atoms. The third-order valence-corrected chi connectivity index (χ3v) is 3.22. The highest BCUT2D eigenvalue weighted by atomic mass is 79.9. The van der Waals surface area contributed by atoms with Crippen molar-refractivity contribution >= 4 is 27.4 Å². The van der Waals surface area contributed by atoms with Crippen molar-refractivity contribution in [2.75, 3.05) is 5.73 Å². The van der Waals surface area contributed by atoms with Crippen molar-refractivity contribution in [1.82, 2.24) is 0 Å². The molecule has 2 rings (SSSR count). The third-order valence-electron chi connectivity index (χ3n) is 2.56. The van der Waals surface area contributed by atoms with Crippen LogP contribution in [-0.4, -0.2) is 5.78 Å². The van der Waals surface area contributed by atoms with E-state index in [4.69, 9.17) is 5.73 Å². The van der Waals surface area contributed by atoms with Gasteiger partial charge in [0.25, 0.3) is 0 Å². The van der Waals surface area contributed by atoms with Crippen LogP contribution in [-0.2, 0) is 0 Å². The van der Waals surface area contributed by atoms with E-state index in [1.54, 1.807) is 0 Å². The van der Waals surface area contributed by atoms with Gasteiger partial charge in [-0.2, -0.15) is 0 Å². The van der Waals surface area contributed by atoms with Crippen LogP contribution < -0.4 is 5.73 Å². The molecule has 2 aromatic rings. The first-order valence-electron chi connectivity index (χ1n) is 5.25. The summed E-state index contributed by atoms with van der Waals surface area (Å²) in [6.45, 7) is 0. The van der Waals surface area contributed by atoms with Crippen molar-refractivity contribution in [3.05, 3.63) is 63.1 Å². The maximum absolute atomic E-state index is 13.5. The molecule has 2 N–H and O–H groups in total. The molecule has 2 aromatic carbocycles. The lowest BCUT2D eigenvalue weighted by Gasteiger charge is -2.08. The Balaban J connectivity index is 2.61. The van der Waals surface area contributed by atoms with E-state index in [-0.39, 0.29) is 15.7 Å². The number of hydrogen-bond donors (Lipinski definition) is 1. The molecule has 0 aliphatic heterocycles. The Bertz CT molecular complexity index is 695. The predicted molar refractivity (Wildman–Crippen MR) is 68.3 cm³/mol. The molecule has 0 unspecified atom stereocenters. The van der Waals surface area contributed by atoms with E-state index in [1.165, 1.54) is 0 Å². The third kappa shape index (κ3) is 2.53. The molecular weight excluding hydrogens is 342 g/mol. The second kappa shape index (κ2) is 5.24.